The summed E-state index contributed by atoms with van der Waals surface area (Å²) in [4.78, 5) is 27.0. The standard InChI is InChI=1S/C22H25N5O4/c1-15-17(10-14-31-15)21(28)26-12-8-16(9-13-26)27-20(7-11-23-27)25-22(29)24-18-5-3-4-6-19(18)30-2/h3-7,10-11,14,16H,8-9,12-13H2,1-2H3,(H2,24,25,29). The number of aryl methyl sites for hydroxylation is 1. The molecule has 1 saturated heterocycles. The van der Waals surface area contributed by atoms with Gasteiger partial charge in [-0.3, -0.25) is 10.1 Å². The molecule has 0 atom stereocenters. The van der Waals surface area contributed by atoms with Crippen LogP contribution in [0.4, 0.5) is 16.3 Å². The Balaban J connectivity index is 1.37. The van der Waals surface area contributed by atoms with Gasteiger partial charge in [-0.1, -0.05) is 12.1 Å². The van der Waals surface area contributed by atoms with Crippen LogP contribution in [0.5, 0.6) is 5.75 Å². The number of hydrogen-bond acceptors (Lipinski definition) is 5. The highest BCUT2D eigenvalue weighted by Gasteiger charge is 2.27. The van der Waals surface area contributed by atoms with Crippen LogP contribution >= 0.6 is 0 Å². The number of piperidine rings is 1. The summed E-state index contributed by atoms with van der Waals surface area (Å²) in [7, 11) is 1.55. The van der Waals surface area contributed by atoms with Crippen LogP contribution in [0, 0.1) is 6.92 Å². The van der Waals surface area contributed by atoms with Crippen molar-refractivity contribution in [2.45, 2.75) is 25.8 Å². The van der Waals surface area contributed by atoms with Crippen molar-refractivity contribution in [3.05, 3.63) is 60.2 Å². The summed E-state index contributed by atoms with van der Waals surface area (Å²) in [6, 6.07) is 10.4. The van der Waals surface area contributed by atoms with Crippen LogP contribution in [-0.4, -0.2) is 46.8 Å². The Kier molecular flexibility index (Phi) is 5.92. The van der Waals surface area contributed by atoms with Gasteiger partial charge in [-0.05, 0) is 38.0 Å². The van der Waals surface area contributed by atoms with Crippen LogP contribution in [0.2, 0.25) is 0 Å². The van der Waals surface area contributed by atoms with Gasteiger partial charge >= 0.3 is 6.03 Å². The van der Waals surface area contributed by atoms with E-state index in [1.54, 1.807) is 44.5 Å². The zero-order valence-electron chi connectivity index (χ0n) is 17.5. The maximum Gasteiger partial charge on any atom is 0.324 e. The molecule has 0 spiro atoms. The summed E-state index contributed by atoms with van der Waals surface area (Å²) < 4.78 is 12.3. The van der Waals surface area contributed by atoms with E-state index in [2.05, 4.69) is 15.7 Å². The molecule has 1 aromatic carbocycles. The minimum Gasteiger partial charge on any atom is -0.495 e. The molecule has 4 rings (SSSR count). The van der Waals surface area contributed by atoms with Crippen molar-refractivity contribution >= 4 is 23.4 Å². The monoisotopic (exact) mass is 423 g/mol. The van der Waals surface area contributed by atoms with E-state index in [-0.39, 0.29) is 18.0 Å². The Labute approximate surface area is 180 Å². The maximum absolute atomic E-state index is 12.7. The second-order valence-corrected chi connectivity index (χ2v) is 7.35. The number of para-hydroxylation sites is 2. The molecule has 31 heavy (non-hydrogen) atoms. The van der Waals surface area contributed by atoms with Gasteiger partial charge in [-0.25, -0.2) is 9.48 Å². The summed E-state index contributed by atoms with van der Waals surface area (Å²) >= 11 is 0. The van der Waals surface area contributed by atoms with Crippen molar-refractivity contribution < 1.29 is 18.7 Å². The summed E-state index contributed by atoms with van der Waals surface area (Å²) in [6.07, 6.45) is 4.68. The Bertz CT molecular complexity index is 1070. The first-order valence-corrected chi connectivity index (χ1v) is 10.1. The number of methoxy groups -OCH3 is 1. The van der Waals surface area contributed by atoms with E-state index in [9.17, 15) is 9.59 Å². The Morgan fingerprint density at radius 3 is 2.61 bits per heavy atom. The molecular weight excluding hydrogens is 398 g/mol. The highest BCUT2D eigenvalue weighted by molar-refractivity contribution is 6.00. The minimum absolute atomic E-state index is 0.0142. The van der Waals surface area contributed by atoms with Crippen LogP contribution in [-0.2, 0) is 0 Å². The van der Waals surface area contributed by atoms with Gasteiger partial charge in [0.15, 0.2) is 0 Å². The van der Waals surface area contributed by atoms with Crippen molar-refractivity contribution in [1.29, 1.82) is 0 Å². The number of urea groups is 1. The number of rotatable bonds is 5. The molecular formula is C22H25N5O4. The largest absolute Gasteiger partial charge is 0.495 e. The lowest BCUT2D eigenvalue weighted by Crippen LogP contribution is -2.39. The van der Waals surface area contributed by atoms with E-state index in [0.717, 1.165) is 12.8 Å². The number of nitrogens with zero attached hydrogens (tertiary/aromatic N) is 3. The van der Waals surface area contributed by atoms with E-state index in [0.29, 0.717) is 41.7 Å². The van der Waals surface area contributed by atoms with Crippen LogP contribution in [0.25, 0.3) is 0 Å². The van der Waals surface area contributed by atoms with E-state index in [1.165, 1.54) is 6.26 Å². The van der Waals surface area contributed by atoms with Crippen molar-refractivity contribution in [3.63, 3.8) is 0 Å². The van der Waals surface area contributed by atoms with Gasteiger partial charge in [0.05, 0.1) is 36.9 Å². The molecule has 2 aromatic heterocycles. The second kappa shape index (κ2) is 8.95. The molecule has 1 aliphatic heterocycles. The fourth-order valence-electron chi connectivity index (χ4n) is 3.81. The number of benzene rings is 1. The quantitative estimate of drug-likeness (QED) is 0.648. The molecule has 1 fully saturated rings. The number of anilines is 2. The van der Waals surface area contributed by atoms with Gasteiger partial charge in [-0.15, -0.1) is 0 Å². The lowest BCUT2D eigenvalue weighted by Gasteiger charge is -2.32. The van der Waals surface area contributed by atoms with E-state index in [1.807, 2.05) is 21.7 Å². The molecule has 0 saturated carbocycles. The number of carbonyl (C=O) groups excluding carboxylic acids is 2. The van der Waals surface area contributed by atoms with Crippen LogP contribution in [0.3, 0.4) is 0 Å². The Morgan fingerprint density at radius 1 is 1.13 bits per heavy atom. The molecule has 2 N–H and O–H groups in total. The van der Waals surface area contributed by atoms with Gasteiger partial charge in [0.2, 0.25) is 0 Å². The van der Waals surface area contributed by atoms with E-state index < -0.39 is 0 Å². The number of furan rings is 1. The minimum atomic E-state index is -0.380. The zero-order valence-corrected chi connectivity index (χ0v) is 17.5. The Morgan fingerprint density at radius 2 is 1.90 bits per heavy atom. The molecule has 0 aliphatic carbocycles. The highest BCUT2D eigenvalue weighted by atomic mass is 16.5. The zero-order chi connectivity index (χ0) is 21.8. The molecule has 3 aromatic rings. The summed E-state index contributed by atoms with van der Waals surface area (Å²) in [5.41, 5.74) is 1.18. The first-order valence-electron chi connectivity index (χ1n) is 10.1. The highest BCUT2D eigenvalue weighted by Crippen LogP contribution is 2.27. The van der Waals surface area contributed by atoms with Gasteiger partial charge in [0.25, 0.3) is 5.91 Å². The molecule has 9 heteroatoms. The average Bonchev–Trinajstić information content (AvgIpc) is 3.42. The van der Waals surface area contributed by atoms with Crippen molar-refractivity contribution in [2.75, 3.05) is 30.8 Å². The first-order chi connectivity index (χ1) is 15.1. The average molecular weight is 423 g/mol. The third kappa shape index (κ3) is 4.40. The lowest BCUT2D eigenvalue weighted by molar-refractivity contribution is 0.0689. The topological polar surface area (TPSA) is 102 Å². The number of carbonyl (C=O) groups is 2. The van der Waals surface area contributed by atoms with Gasteiger partial charge in [0, 0.05) is 19.2 Å². The van der Waals surface area contributed by atoms with Gasteiger partial charge in [-0.2, -0.15) is 5.10 Å². The van der Waals surface area contributed by atoms with Crippen molar-refractivity contribution in [3.8, 4) is 5.75 Å². The molecule has 1 aliphatic rings. The number of amides is 3. The molecule has 0 radical (unpaired) electrons. The fraction of sp³-hybridized carbons (Fsp3) is 0.318. The predicted octanol–water partition coefficient (Wildman–Crippen LogP) is 3.91. The molecule has 3 amide bonds. The normalized spacial score (nSPS) is 14.3. The molecule has 0 bridgehead atoms. The Hall–Kier alpha value is -3.75. The van der Waals surface area contributed by atoms with Crippen molar-refractivity contribution in [2.24, 2.45) is 0 Å². The summed E-state index contributed by atoms with van der Waals surface area (Å²) in [6.45, 7) is 3.01. The number of aromatic nitrogens is 2. The second-order valence-electron chi connectivity index (χ2n) is 7.35. The predicted molar refractivity (Wildman–Crippen MR) is 115 cm³/mol. The number of nitrogens with one attached hydrogen (secondary N) is 2. The first kappa shape index (κ1) is 20.5. The number of ether oxygens (including phenoxy) is 1. The van der Waals surface area contributed by atoms with E-state index >= 15 is 0 Å². The van der Waals surface area contributed by atoms with E-state index in [4.69, 9.17) is 9.15 Å². The lowest BCUT2D eigenvalue weighted by atomic mass is 10.0. The SMILES string of the molecule is COc1ccccc1NC(=O)Nc1ccnn1C1CCN(C(=O)c2ccoc2C)CC1. The van der Waals surface area contributed by atoms with Crippen molar-refractivity contribution in [1.82, 2.24) is 14.7 Å². The van der Waals surface area contributed by atoms with Crippen LogP contribution in [0.1, 0.15) is 35.0 Å². The summed E-state index contributed by atoms with van der Waals surface area (Å²) in [5.74, 6) is 1.80. The van der Waals surface area contributed by atoms with Gasteiger partial charge < -0.3 is 19.4 Å². The third-order valence-electron chi connectivity index (χ3n) is 5.45. The molecule has 0 unspecified atom stereocenters. The van der Waals surface area contributed by atoms with Crippen LogP contribution in [0.15, 0.2) is 53.3 Å². The van der Waals surface area contributed by atoms with Gasteiger partial charge in [0.1, 0.15) is 17.3 Å². The summed E-state index contributed by atoms with van der Waals surface area (Å²) in [5, 5.41) is 10.0. The third-order valence-corrected chi connectivity index (χ3v) is 5.45. The molecule has 3 heterocycles. The fourth-order valence-corrected chi connectivity index (χ4v) is 3.81. The molecule has 162 valence electrons. The number of hydrogen-bond donors (Lipinski definition) is 2. The number of likely N-dealkylation sites (tertiary alicyclic amines) is 1. The maximum atomic E-state index is 12.7. The van der Waals surface area contributed by atoms with Crippen LogP contribution < -0.4 is 15.4 Å². The smallest absolute Gasteiger partial charge is 0.324 e. The molecule has 9 nitrogen and oxygen atoms in total.